The molecular formula is C24H28N3OS+. The number of rotatable bonds is 3. The Bertz CT molecular complexity index is 1130. The van der Waals surface area contributed by atoms with Gasteiger partial charge >= 0.3 is 0 Å². The van der Waals surface area contributed by atoms with Crippen LogP contribution in [0.25, 0.3) is 15.8 Å². The average Bonchev–Trinajstić information content (AvgIpc) is 3.11. The molecule has 1 aliphatic carbocycles. The van der Waals surface area contributed by atoms with E-state index in [0.717, 1.165) is 48.4 Å². The Hall–Kier alpha value is -2.24. The van der Waals surface area contributed by atoms with Crippen molar-refractivity contribution in [2.24, 2.45) is 5.92 Å². The lowest BCUT2D eigenvalue weighted by molar-refractivity contribution is -0.925. The summed E-state index contributed by atoms with van der Waals surface area (Å²) in [5, 5.41) is 0.854. The van der Waals surface area contributed by atoms with Crippen LogP contribution in [0.2, 0.25) is 0 Å². The van der Waals surface area contributed by atoms with Crippen LogP contribution in [0.5, 0.6) is 0 Å². The third kappa shape index (κ3) is 3.47. The van der Waals surface area contributed by atoms with E-state index >= 15 is 0 Å². The van der Waals surface area contributed by atoms with Crippen LogP contribution >= 0.6 is 11.3 Å². The molecule has 0 radical (unpaired) electrons. The van der Waals surface area contributed by atoms with Gasteiger partial charge in [0, 0.05) is 11.3 Å². The third-order valence-corrected chi connectivity index (χ3v) is 7.83. The second-order valence-electron chi connectivity index (χ2n) is 8.66. The van der Waals surface area contributed by atoms with Crippen LogP contribution in [0.4, 0.5) is 0 Å². The minimum Gasteiger partial charge on any atom is -0.323 e. The first-order valence-corrected chi connectivity index (χ1v) is 11.6. The van der Waals surface area contributed by atoms with Crippen LogP contribution in [0.1, 0.15) is 54.6 Å². The zero-order valence-corrected chi connectivity index (χ0v) is 17.9. The molecule has 2 N–H and O–H groups in total. The highest BCUT2D eigenvalue weighted by molar-refractivity contribution is 7.18. The van der Waals surface area contributed by atoms with Crippen LogP contribution in [-0.4, -0.2) is 23.1 Å². The van der Waals surface area contributed by atoms with Gasteiger partial charge < -0.3 is 9.88 Å². The van der Waals surface area contributed by atoms with Gasteiger partial charge in [0.15, 0.2) is 5.82 Å². The van der Waals surface area contributed by atoms with Gasteiger partial charge in [-0.3, -0.25) is 4.79 Å². The predicted octanol–water partition coefficient (Wildman–Crippen LogP) is 3.54. The van der Waals surface area contributed by atoms with E-state index in [1.54, 1.807) is 11.3 Å². The molecule has 5 rings (SSSR count). The molecule has 2 aliphatic rings. The molecule has 0 saturated carbocycles. The highest BCUT2D eigenvalue weighted by Gasteiger charge is 2.27. The Kier molecular flexibility index (Phi) is 4.88. The summed E-state index contributed by atoms with van der Waals surface area (Å²) < 4.78 is 0. The summed E-state index contributed by atoms with van der Waals surface area (Å²) in [7, 11) is 0. The molecule has 4 nitrogen and oxygen atoms in total. The molecule has 1 aliphatic heterocycles. The maximum atomic E-state index is 12.9. The Labute approximate surface area is 175 Å². The molecule has 0 spiro atoms. The van der Waals surface area contributed by atoms with Gasteiger partial charge in [-0.1, -0.05) is 37.3 Å². The van der Waals surface area contributed by atoms with Crippen LogP contribution in [-0.2, 0) is 12.8 Å². The average molecular weight is 407 g/mol. The minimum atomic E-state index is 0.0563. The van der Waals surface area contributed by atoms with Gasteiger partial charge in [0.1, 0.15) is 10.9 Å². The minimum absolute atomic E-state index is 0.0563. The van der Waals surface area contributed by atoms with Crippen molar-refractivity contribution in [1.29, 1.82) is 0 Å². The molecule has 3 aromatic rings. The summed E-state index contributed by atoms with van der Waals surface area (Å²) >= 11 is 1.74. The molecule has 3 heterocycles. The van der Waals surface area contributed by atoms with E-state index in [-0.39, 0.29) is 11.6 Å². The molecule has 0 bridgehead atoms. The number of aryl methyl sites for hydroxylation is 1. The maximum absolute atomic E-state index is 12.9. The third-order valence-electron chi connectivity index (χ3n) is 6.68. The summed E-state index contributed by atoms with van der Waals surface area (Å²) in [5.74, 6) is 1.54. The molecule has 5 heteroatoms. The van der Waals surface area contributed by atoms with Crippen LogP contribution in [0, 0.1) is 5.92 Å². The van der Waals surface area contributed by atoms with E-state index in [0.29, 0.717) is 5.92 Å². The van der Waals surface area contributed by atoms with Gasteiger partial charge in [-0.25, -0.2) is 4.98 Å². The normalized spacial score (nSPS) is 22.9. The maximum Gasteiger partial charge on any atom is 0.260 e. The summed E-state index contributed by atoms with van der Waals surface area (Å²) in [4.78, 5) is 24.8. The number of nitrogens with zero attached hydrogens (tertiary/aromatic N) is 1. The van der Waals surface area contributed by atoms with Crippen molar-refractivity contribution in [3.05, 3.63) is 68.6 Å². The second kappa shape index (κ2) is 7.54. The molecule has 150 valence electrons. The lowest BCUT2D eigenvalue weighted by atomic mass is 9.89. The number of H-pyrrole nitrogens is 1. The molecule has 1 aromatic carbocycles. The van der Waals surface area contributed by atoms with Crippen molar-refractivity contribution < 1.29 is 4.90 Å². The SMILES string of the molecule is C[C@@H]1CCc2c(sc3nc([C@@H](C)[NH+]4CC=C(c5ccccc5)CC4)[nH]c(=O)c23)C1. The number of aromatic amines is 1. The summed E-state index contributed by atoms with van der Waals surface area (Å²) in [6.07, 6.45) is 6.68. The van der Waals surface area contributed by atoms with Crippen molar-refractivity contribution in [1.82, 2.24) is 9.97 Å². The van der Waals surface area contributed by atoms with Gasteiger partial charge in [0.2, 0.25) is 0 Å². The van der Waals surface area contributed by atoms with Crippen LogP contribution in [0.15, 0.2) is 41.2 Å². The first kappa shape index (κ1) is 18.8. The Morgan fingerprint density at radius 1 is 1.24 bits per heavy atom. The highest BCUT2D eigenvalue weighted by atomic mass is 32.1. The van der Waals surface area contributed by atoms with Gasteiger partial charge in [0.25, 0.3) is 5.56 Å². The van der Waals surface area contributed by atoms with E-state index in [4.69, 9.17) is 4.98 Å². The fourth-order valence-corrected chi connectivity index (χ4v) is 6.22. The largest absolute Gasteiger partial charge is 0.323 e. The fraction of sp³-hybridized carbons (Fsp3) is 0.417. The number of aromatic nitrogens is 2. The highest BCUT2D eigenvalue weighted by Crippen LogP contribution is 2.35. The van der Waals surface area contributed by atoms with Gasteiger partial charge in [-0.05, 0) is 54.9 Å². The number of benzene rings is 1. The summed E-state index contributed by atoms with van der Waals surface area (Å²) in [6.45, 7) is 6.51. The number of thiophene rings is 1. The van der Waals surface area contributed by atoms with Crippen molar-refractivity contribution in [3.63, 3.8) is 0 Å². The number of hydrogen-bond donors (Lipinski definition) is 2. The van der Waals surface area contributed by atoms with Gasteiger partial charge in [-0.2, -0.15) is 0 Å². The fourth-order valence-electron chi connectivity index (χ4n) is 4.83. The van der Waals surface area contributed by atoms with E-state index in [1.165, 1.54) is 32.9 Å². The lowest BCUT2D eigenvalue weighted by Crippen LogP contribution is -3.12. The quantitative estimate of drug-likeness (QED) is 0.699. The van der Waals surface area contributed by atoms with Crippen LogP contribution in [0.3, 0.4) is 0 Å². The first-order chi connectivity index (χ1) is 14.1. The molecule has 0 amide bonds. The topological polar surface area (TPSA) is 50.2 Å². The van der Waals surface area contributed by atoms with E-state index in [9.17, 15) is 4.79 Å². The Balaban J connectivity index is 1.41. The predicted molar refractivity (Wildman–Crippen MR) is 120 cm³/mol. The molecule has 3 atom stereocenters. The van der Waals surface area contributed by atoms with Gasteiger partial charge in [-0.15, -0.1) is 11.3 Å². The number of hydrogen-bond acceptors (Lipinski definition) is 3. The number of fused-ring (bicyclic) bond motifs is 3. The monoisotopic (exact) mass is 406 g/mol. The second-order valence-corrected chi connectivity index (χ2v) is 9.75. The van der Waals surface area contributed by atoms with Crippen LogP contribution < -0.4 is 10.5 Å². The zero-order valence-electron chi connectivity index (χ0n) is 17.1. The lowest BCUT2D eigenvalue weighted by Gasteiger charge is -2.28. The summed E-state index contributed by atoms with van der Waals surface area (Å²) in [5.41, 5.74) is 4.07. The number of nitrogens with one attached hydrogen (secondary N) is 2. The Morgan fingerprint density at radius 2 is 2.07 bits per heavy atom. The van der Waals surface area contributed by atoms with Crippen molar-refractivity contribution in [3.8, 4) is 0 Å². The molecular weight excluding hydrogens is 378 g/mol. The Morgan fingerprint density at radius 3 is 2.83 bits per heavy atom. The number of quaternary nitrogens is 1. The van der Waals surface area contributed by atoms with Gasteiger partial charge in [0.05, 0.1) is 18.5 Å². The van der Waals surface area contributed by atoms with Crippen molar-refractivity contribution in [2.45, 2.75) is 45.6 Å². The van der Waals surface area contributed by atoms with Crippen molar-refractivity contribution >= 4 is 27.1 Å². The standard InChI is InChI=1S/C24H27N3OS/c1-15-8-9-19-20(14-15)29-24-21(19)23(28)25-22(26-24)16(2)27-12-10-18(11-13-27)17-6-4-3-5-7-17/h3-7,10,15-16H,8-9,11-14H2,1-2H3,(H,25,26,28)/p+1/t15-,16-/m1/s1. The summed E-state index contributed by atoms with van der Waals surface area (Å²) in [6, 6.07) is 10.8. The molecule has 2 aromatic heterocycles. The molecule has 29 heavy (non-hydrogen) atoms. The smallest absolute Gasteiger partial charge is 0.260 e. The van der Waals surface area contributed by atoms with E-state index in [2.05, 4.69) is 55.2 Å². The zero-order chi connectivity index (χ0) is 20.0. The first-order valence-electron chi connectivity index (χ1n) is 10.7. The molecule has 0 fully saturated rings. The van der Waals surface area contributed by atoms with E-state index in [1.807, 2.05) is 0 Å². The molecule has 1 unspecified atom stereocenters. The van der Waals surface area contributed by atoms with E-state index < -0.39 is 0 Å². The van der Waals surface area contributed by atoms with Crippen molar-refractivity contribution in [2.75, 3.05) is 13.1 Å². The molecule has 0 saturated heterocycles.